The fourth-order valence-electron chi connectivity index (χ4n) is 3.26. The smallest absolute Gasteiger partial charge is 0.244 e. The minimum absolute atomic E-state index is 0.251. The molecule has 1 amide bonds. The Kier molecular flexibility index (Phi) is 5.16. The van der Waals surface area contributed by atoms with E-state index in [-0.39, 0.29) is 17.6 Å². The number of hydrogen-bond acceptors (Lipinski definition) is 2. The Morgan fingerprint density at radius 3 is 2.36 bits per heavy atom. The van der Waals surface area contributed by atoms with E-state index in [1.807, 2.05) is 24.3 Å². The number of nitrogens with one attached hydrogen (secondary N) is 1. The summed E-state index contributed by atoms with van der Waals surface area (Å²) in [6.07, 6.45) is 0.536. The van der Waals surface area contributed by atoms with Gasteiger partial charge in [-0.15, -0.1) is 0 Å². The van der Waals surface area contributed by atoms with Gasteiger partial charge in [-0.25, -0.2) is 8.78 Å². The van der Waals surface area contributed by atoms with E-state index in [2.05, 4.69) is 18.6 Å². The predicted molar refractivity (Wildman–Crippen MR) is 100 cm³/mol. The molecule has 0 radical (unpaired) electrons. The Hall–Kier alpha value is -1.84. The van der Waals surface area contributed by atoms with Crippen LogP contribution in [-0.2, 0) is 4.79 Å². The third-order valence-corrected chi connectivity index (χ3v) is 5.89. The van der Waals surface area contributed by atoms with Gasteiger partial charge in [0.2, 0.25) is 5.91 Å². The molecule has 1 unspecified atom stereocenters. The average Bonchev–Trinajstić information content (AvgIpc) is 2.95. The van der Waals surface area contributed by atoms with Crippen molar-refractivity contribution in [2.24, 2.45) is 0 Å². The van der Waals surface area contributed by atoms with Crippen LogP contribution in [0.1, 0.15) is 6.42 Å². The summed E-state index contributed by atoms with van der Waals surface area (Å²) >= 11 is 0. The lowest BCUT2D eigenvalue weighted by Crippen LogP contribution is -2.37. The number of carbonyl (C=O) groups excluding carboxylic acids is 1. The van der Waals surface area contributed by atoms with Gasteiger partial charge in [0.15, 0.2) is 11.6 Å². The van der Waals surface area contributed by atoms with Gasteiger partial charge < -0.3 is 10.2 Å². The topological polar surface area (TPSA) is 32.3 Å². The molecular weight excluding hydrogens is 341 g/mol. The highest BCUT2D eigenvalue weighted by molar-refractivity contribution is 7.64. The van der Waals surface area contributed by atoms with E-state index in [0.29, 0.717) is 18.5 Å². The summed E-state index contributed by atoms with van der Waals surface area (Å²) in [5.74, 6) is -1.70. The number of amides is 1. The highest BCUT2D eigenvalue weighted by atomic mass is 31.1. The molecule has 1 saturated heterocycles. The maximum atomic E-state index is 14.7. The summed E-state index contributed by atoms with van der Waals surface area (Å²) in [5.41, 5.74) is 1.09. The molecule has 1 fully saturated rings. The SMILES string of the molecule is CNC1CCN(c2c(F)cc(-c3ccccc3P(C)C)cc2F)C1=O. The second-order valence-electron chi connectivity index (χ2n) is 6.32. The summed E-state index contributed by atoms with van der Waals surface area (Å²) < 4.78 is 29.5. The summed E-state index contributed by atoms with van der Waals surface area (Å²) in [6, 6.07) is 9.94. The minimum Gasteiger partial charge on any atom is -0.309 e. The number of anilines is 1. The molecule has 0 aliphatic carbocycles. The van der Waals surface area contributed by atoms with E-state index in [1.165, 1.54) is 17.0 Å². The zero-order valence-corrected chi connectivity index (χ0v) is 15.4. The van der Waals surface area contributed by atoms with Crippen LogP contribution in [0.4, 0.5) is 14.5 Å². The van der Waals surface area contributed by atoms with E-state index < -0.39 is 19.6 Å². The van der Waals surface area contributed by atoms with Crippen LogP contribution in [-0.4, -0.2) is 38.9 Å². The molecule has 1 atom stereocenters. The van der Waals surface area contributed by atoms with Gasteiger partial charge in [0.1, 0.15) is 5.69 Å². The van der Waals surface area contributed by atoms with Gasteiger partial charge in [-0.1, -0.05) is 32.2 Å². The second kappa shape index (κ2) is 7.19. The Balaban J connectivity index is 2.04. The molecular formula is C19H21F2N2OP. The zero-order valence-electron chi connectivity index (χ0n) is 14.5. The normalized spacial score (nSPS) is 17.6. The first kappa shape index (κ1) is 18.0. The summed E-state index contributed by atoms with van der Waals surface area (Å²) in [4.78, 5) is 13.5. The molecule has 25 heavy (non-hydrogen) atoms. The van der Waals surface area contributed by atoms with Gasteiger partial charge in [0, 0.05) is 6.54 Å². The quantitative estimate of drug-likeness (QED) is 0.847. The largest absolute Gasteiger partial charge is 0.309 e. The van der Waals surface area contributed by atoms with Crippen LogP contribution < -0.4 is 15.5 Å². The molecule has 3 rings (SSSR count). The Morgan fingerprint density at radius 1 is 1.16 bits per heavy atom. The molecule has 0 aromatic heterocycles. The van der Waals surface area contributed by atoms with Crippen molar-refractivity contribution < 1.29 is 13.6 Å². The fraction of sp³-hybridized carbons (Fsp3) is 0.316. The molecule has 3 nitrogen and oxygen atoms in total. The highest BCUT2D eigenvalue weighted by Crippen LogP contribution is 2.35. The predicted octanol–water partition coefficient (Wildman–Crippen LogP) is 3.32. The van der Waals surface area contributed by atoms with Gasteiger partial charge in [-0.3, -0.25) is 4.79 Å². The van der Waals surface area contributed by atoms with Crippen LogP contribution >= 0.6 is 7.92 Å². The van der Waals surface area contributed by atoms with E-state index in [4.69, 9.17) is 0 Å². The van der Waals surface area contributed by atoms with Crippen molar-refractivity contribution in [1.82, 2.24) is 5.32 Å². The fourth-order valence-corrected chi connectivity index (χ4v) is 4.33. The van der Waals surface area contributed by atoms with Gasteiger partial charge in [-0.2, -0.15) is 0 Å². The van der Waals surface area contributed by atoms with Crippen molar-refractivity contribution >= 4 is 24.8 Å². The molecule has 1 aliphatic rings. The molecule has 2 aromatic rings. The standard InChI is InChI=1S/C19H21F2N2OP/c1-22-16-8-9-23(19(16)24)18-14(20)10-12(11-15(18)21)13-6-4-5-7-17(13)25(2)3/h4-7,10-11,16,22H,8-9H2,1-3H3. The third kappa shape index (κ3) is 3.31. The highest BCUT2D eigenvalue weighted by Gasteiger charge is 2.34. The van der Waals surface area contributed by atoms with Crippen LogP contribution in [0.15, 0.2) is 36.4 Å². The van der Waals surface area contributed by atoms with E-state index in [0.717, 1.165) is 10.9 Å². The van der Waals surface area contributed by atoms with Crippen LogP contribution in [0.3, 0.4) is 0 Å². The molecule has 1 N–H and O–H groups in total. The molecule has 0 saturated carbocycles. The summed E-state index contributed by atoms with van der Waals surface area (Å²) in [5, 5.41) is 3.97. The Bertz CT molecular complexity index is 787. The average molecular weight is 362 g/mol. The lowest BCUT2D eigenvalue weighted by atomic mass is 10.0. The van der Waals surface area contributed by atoms with E-state index in [1.54, 1.807) is 7.05 Å². The summed E-state index contributed by atoms with van der Waals surface area (Å²) in [6.45, 7) is 4.52. The molecule has 0 spiro atoms. The molecule has 132 valence electrons. The molecule has 0 bridgehead atoms. The Morgan fingerprint density at radius 2 is 1.80 bits per heavy atom. The maximum Gasteiger partial charge on any atom is 0.244 e. The Labute approximate surface area is 147 Å². The van der Waals surface area contributed by atoms with E-state index >= 15 is 0 Å². The van der Waals surface area contributed by atoms with Crippen molar-refractivity contribution in [3.05, 3.63) is 48.0 Å². The van der Waals surface area contributed by atoms with Crippen LogP contribution in [0.2, 0.25) is 0 Å². The first-order chi connectivity index (χ1) is 11.9. The third-order valence-electron chi connectivity index (χ3n) is 4.54. The number of carbonyl (C=O) groups is 1. The number of halogens is 2. The summed E-state index contributed by atoms with van der Waals surface area (Å²) in [7, 11) is 1.26. The van der Waals surface area contributed by atoms with Crippen molar-refractivity contribution in [1.29, 1.82) is 0 Å². The number of likely N-dealkylation sites (N-methyl/N-ethyl adjacent to an activating group) is 1. The van der Waals surface area contributed by atoms with Gasteiger partial charge >= 0.3 is 0 Å². The zero-order chi connectivity index (χ0) is 18.1. The minimum atomic E-state index is -0.702. The molecule has 6 heteroatoms. The number of benzene rings is 2. The van der Waals surface area contributed by atoms with E-state index in [9.17, 15) is 13.6 Å². The van der Waals surface area contributed by atoms with Gasteiger partial charge in [0.25, 0.3) is 0 Å². The first-order valence-electron chi connectivity index (χ1n) is 8.18. The monoisotopic (exact) mass is 362 g/mol. The lowest BCUT2D eigenvalue weighted by molar-refractivity contribution is -0.118. The molecule has 1 heterocycles. The van der Waals surface area contributed by atoms with Gasteiger partial charge in [-0.05, 0) is 55.4 Å². The van der Waals surface area contributed by atoms with Crippen molar-refractivity contribution in [3.8, 4) is 11.1 Å². The number of rotatable bonds is 4. The maximum absolute atomic E-state index is 14.7. The van der Waals surface area contributed by atoms with Crippen molar-refractivity contribution in [2.75, 3.05) is 31.8 Å². The second-order valence-corrected chi connectivity index (χ2v) is 8.59. The number of nitrogens with zero attached hydrogens (tertiary/aromatic N) is 1. The van der Waals surface area contributed by atoms with Gasteiger partial charge in [0.05, 0.1) is 6.04 Å². The van der Waals surface area contributed by atoms with Crippen LogP contribution in [0.25, 0.3) is 11.1 Å². The van der Waals surface area contributed by atoms with Crippen LogP contribution in [0, 0.1) is 11.6 Å². The lowest BCUT2D eigenvalue weighted by Gasteiger charge is -2.20. The van der Waals surface area contributed by atoms with Crippen molar-refractivity contribution in [3.63, 3.8) is 0 Å². The van der Waals surface area contributed by atoms with Crippen LogP contribution in [0.5, 0.6) is 0 Å². The molecule has 2 aromatic carbocycles. The van der Waals surface area contributed by atoms with Crippen molar-refractivity contribution in [2.45, 2.75) is 12.5 Å². The molecule has 1 aliphatic heterocycles. The first-order valence-corrected chi connectivity index (χ1v) is 10.4. The number of hydrogen-bond donors (Lipinski definition) is 1.